The first-order chi connectivity index (χ1) is 5.38. The molecule has 0 aromatic heterocycles. The molecule has 0 spiro atoms. The lowest BCUT2D eigenvalue weighted by Gasteiger charge is -2.17. The van der Waals surface area contributed by atoms with Crippen molar-refractivity contribution in [2.45, 2.75) is 52.1 Å². The van der Waals surface area contributed by atoms with Gasteiger partial charge in [0.2, 0.25) is 0 Å². The quantitative estimate of drug-likeness (QED) is 0.608. The molecule has 1 rings (SSSR count). The lowest BCUT2D eigenvalue weighted by molar-refractivity contribution is 0.0272. The SMILES string of the molecule is CCCOC1CCCC1CC. The zero-order valence-corrected chi connectivity index (χ0v) is 7.81. The molecule has 0 N–H and O–H groups in total. The Hall–Kier alpha value is -0.0400. The molecule has 0 amide bonds. The summed E-state index contributed by atoms with van der Waals surface area (Å²) in [5.41, 5.74) is 0. The van der Waals surface area contributed by atoms with Gasteiger partial charge in [0.25, 0.3) is 0 Å². The third-order valence-electron chi connectivity index (χ3n) is 2.65. The number of hydrogen-bond donors (Lipinski definition) is 0. The average molecular weight is 156 g/mol. The Morgan fingerprint density at radius 1 is 1.27 bits per heavy atom. The molecule has 0 heterocycles. The fraction of sp³-hybridized carbons (Fsp3) is 1.00. The van der Waals surface area contributed by atoms with Crippen molar-refractivity contribution >= 4 is 0 Å². The van der Waals surface area contributed by atoms with Gasteiger partial charge >= 0.3 is 0 Å². The van der Waals surface area contributed by atoms with Crippen LogP contribution in [0.2, 0.25) is 0 Å². The minimum absolute atomic E-state index is 0.597. The van der Waals surface area contributed by atoms with Crippen molar-refractivity contribution in [2.24, 2.45) is 5.92 Å². The minimum atomic E-state index is 0.597. The molecular formula is C10H20O. The van der Waals surface area contributed by atoms with Crippen molar-refractivity contribution in [1.82, 2.24) is 0 Å². The van der Waals surface area contributed by atoms with E-state index in [2.05, 4.69) is 13.8 Å². The molecule has 0 bridgehead atoms. The van der Waals surface area contributed by atoms with Gasteiger partial charge in [0.15, 0.2) is 0 Å². The zero-order chi connectivity index (χ0) is 8.10. The molecule has 0 aromatic rings. The fourth-order valence-electron chi connectivity index (χ4n) is 1.96. The van der Waals surface area contributed by atoms with Crippen molar-refractivity contribution < 1.29 is 4.74 Å². The standard InChI is InChI=1S/C10H20O/c1-3-8-11-10-7-5-6-9(10)4-2/h9-10H,3-8H2,1-2H3. The maximum atomic E-state index is 5.76. The second-order valence-corrected chi connectivity index (χ2v) is 3.51. The normalized spacial score (nSPS) is 31.1. The summed E-state index contributed by atoms with van der Waals surface area (Å²) in [4.78, 5) is 0. The molecule has 2 atom stereocenters. The van der Waals surface area contributed by atoms with Gasteiger partial charge in [0.05, 0.1) is 6.10 Å². The Balaban J connectivity index is 2.20. The Bertz CT molecular complexity index is 101. The molecule has 0 aromatic carbocycles. The lowest BCUT2D eigenvalue weighted by atomic mass is 10.0. The van der Waals surface area contributed by atoms with Gasteiger partial charge in [-0.05, 0) is 25.2 Å². The van der Waals surface area contributed by atoms with Crippen LogP contribution in [-0.4, -0.2) is 12.7 Å². The van der Waals surface area contributed by atoms with E-state index in [1.54, 1.807) is 0 Å². The highest BCUT2D eigenvalue weighted by molar-refractivity contribution is 4.76. The van der Waals surface area contributed by atoms with Crippen LogP contribution in [0.15, 0.2) is 0 Å². The highest BCUT2D eigenvalue weighted by Crippen LogP contribution is 2.30. The first-order valence-electron chi connectivity index (χ1n) is 5.00. The summed E-state index contributed by atoms with van der Waals surface area (Å²) in [6, 6.07) is 0. The van der Waals surface area contributed by atoms with Crippen LogP contribution in [0, 0.1) is 5.92 Å². The third kappa shape index (κ3) is 2.48. The Kier molecular flexibility index (Phi) is 3.92. The van der Waals surface area contributed by atoms with Gasteiger partial charge in [-0.2, -0.15) is 0 Å². The van der Waals surface area contributed by atoms with Crippen LogP contribution in [0.4, 0.5) is 0 Å². The smallest absolute Gasteiger partial charge is 0.0603 e. The molecule has 1 saturated carbocycles. The zero-order valence-electron chi connectivity index (χ0n) is 7.81. The van der Waals surface area contributed by atoms with E-state index in [1.807, 2.05) is 0 Å². The summed E-state index contributed by atoms with van der Waals surface area (Å²) in [7, 11) is 0. The largest absolute Gasteiger partial charge is 0.378 e. The third-order valence-corrected chi connectivity index (χ3v) is 2.65. The molecule has 11 heavy (non-hydrogen) atoms. The first-order valence-corrected chi connectivity index (χ1v) is 5.00. The van der Waals surface area contributed by atoms with Gasteiger partial charge in [-0.25, -0.2) is 0 Å². The highest BCUT2D eigenvalue weighted by atomic mass is 16.5. The predicted molar refractivity (Wildman–Crippen MR) is 47.7 cm³/mol. The highest BCUT2D eigenvalue weighted by Gasteiger charge is 2.25. The second-order valence-electron chi connectivity index (χ2n) is 3.51. The molecule has 1 aliphatic rings. The maximum absolute atomic E-state index is 5.76. The fourth-order valence-corrected chi connectivity index (χ4v) is 1.96. The van der Waals surface area contributed by atoms with Crippen molar-refractivity contribution in [2.75, 3.05) is 6.61 Å². The molecular weight excluding hydrogens is 136 g/mol. The van der Waals surface area contributed by atoms with Gasteiger partial charge in [0, 0.05) is 6.61 Å². The van der Waals surface area contributed by atoms with E-state index < -0.39 is 0 Å². The van der Waals surface area contributed by atoms with Crippen LogP contribution in [0.5, 0.6) is 0 Å². The summed E-state index contributed by atoms with van der Waals surface area (Å²) in [6.45, 7) is 5.41. The molecule has 1 aliphatic carbocycles. The van der Waals surface area contributed by atoms with E-state index in [0.717, 1.165) is 18.9 Å². The van der Waals surface area contributed by atoms with E-state index in [1.165, 1.54) is 25.7 Å². The van der Waals surface area contributed by atoms with E-state index in [4.69, 9.17) is 4.74 Å². The molecule has 66 valence electrons. The summed E-state index contributed by atoms with van der Waals surface area (Å²) < 4.78 is 5.76. The lowest BCUT2D eigenvalue weighted by Crippen LogP contribution is -2.17. The number of hydrogen-bond acceptors (Lipinski definition) is 1. The molecule has 0 aliphatic heterocycles. The van der Waals surface area contributed by atoms with Crippen LogP contribution in [-0.2, 0) is 4.74 Å². The summed E-state index contributed by atoms with van der Waals surface area (Å²) in [5.74, 6) is 0.863. The van der Waals surface area contributed by atoms with Crippen molar-refractivity contribution in [3.63, 3.8) is 0 Å². The Morgan fingerprint density at radius 2 is 2.09 bits per heavy atom. The van der Waals surface area contributed by atoms with E-state index in [-0.39, 0.29) is 0 Å². The topological polar surface area (TPSA) is 9.23 Å². The van der Waals surface area contributed by atoms with Crippen LogP contribution in [0.3, 0.4) is 0 Å². The summed E-state index contributed by atoms with van der Waals surface area (Å²) >= 11 is 0. The predicted octanol–water partition coefficient (Wildman–Crippen LogP) is 2.99. The van der Waals surface area contributed by atoms with Crippen molar-refractivity contribution in [3.8, 4) is 0 Å². The molecule has 1 fully saturated rings. The first kappa shape index (κ1) is 9.05. The summed E-state index contributed by atoms with van der Waals surface area (Å²) in [6.07, 6.45) is 7.14. The van der Waals surface area contributed by atoms with Crippen LogP contribution in [0.1, 0.15) is 46.0 Å². The molecule has 0 radical (unpaired) electrons. The number of ether oxygens (including phenoxy) is 1. The van der Waals surface area contributed by atoms with Crippen LogP contribution >= 0.6 is 0 Å². The van der Waals surface area contributed by atoms with Gasteiger partial charge < -0.3 is 4.74 Å². The molecule has 1 heteroatoms. The van der Waals surface area contributed by atoms with Gasteiger partial charge in [-0.3, -0.25) is 0 Å². The Labute approximate surface area is 70.1 Å². The van der Waals surface area contributed by atoms with Crippen LogP contribution in [0.25, 0.3) is 0 Å². The van der Waals surface area contributed by atoms with Gasteiger partial charge in [-0.1, -0.05) is 26.7 Å². The van der Waals surface area contributed by atoms with E-state index in [9.17, 15) is 0 Å². The van der Waals surface area contributed by atoms with Gasteiger partial charge in [0.1, 0.15) is 0 Å². The second kappa shape index (κ2) is 4.76. The average Bonchev–Trinajstić information content (AvgIpc) is 2.47. The molecule has 2 unspecified atom stereocenters. The number of rotatable bonds is 4. The van der Waals surface area contributed by atoms with Crippen LogP contribution < -0.4 is 0 Å². The maximum Gasteiger partial charge on any atom is 0.0603 e. The van der Waals surface area contributed by atoms with E-state index in [0.29, 0.717) is 6.10 Å². The van der Waals surface area contributed by atoms with Gasteiger partial charge in [-0.15, -0.1) is 0 Å². The van der Waals surface area contributed by atoms with Crippen molar-refractivity contribution in [3.05, 3.63) is 0 Å². The van der Waals surface area contributed by atoms with E-state index >= 15 is 0 Å². The summed E-state index contributed by atoms with van der Waals surface area (Å²) in [5, 5.41) is 0. The van der Waals surface area contributed by atoms with Crippen molar-refractivity contribution in [1.29, 1.82) is 0 Å². The molecule has 0 saturated heterocycles. The molecule has 1 nitrogen and oxygen atoms in total. The minimum Gasteiger partial charge on any atom is -0.378 e. The monoisotopic (exact) mass is 156 g/mol. The Morgan fingerprint density at radius 3 is 2.73 bits per heavy atom.